The summed E-state index contributed by atoms with van der Waals surface area (Å²) in [6.45, 7) is 1.77. The Balaban J connectivity index is 1.65. The van der Waals surface area contributed by atoms with Crippen LogP contribution in [0, 0.1) is 0 Å². The van der Waals surface area contributed by atoms with E-state index in [9.17, 15) is 4.79 Å². The van der Waals surface area contributed by atoms with E-state index in [1.54, 1.807) is 0 Å². The molecule has 1 amide bonds. The van der Waals surface area contributed by atoms with Crippen molar-refractivity contribution in [3.8, 4) is 5.75 Å². The highest BCUT2D eigenvalue weighted by atomic mass is 35.5. The monoisotopic (exact) mass is 343 g/mol. The van der Waals surface area contributed by atoms with Crippen molar-refractivity contribution in [3.63, 3.8) is 0 Å². The number of amides is 1. The number of hydrogen-bond acceptors (Lipinski definition) is 3. The third kappa shape index (κ3) is 3.86. The van der Waals surface area contributed by atoms with Crippen LogP contribution in [0.5, 0.6) is 5.75 Å². The van der Waals surface area contributed by atoms with E-state index in [2.05, 4.69) is 14.9 Å². The van der Waals surface area contributed by atoms with Crippen LogP contribution >= 0.6 is 11.6 Å². The summed E-state index contributed by atoms with van der Waals surface area (Å²) >= 11 is 5.86. The smallest absolute Gasteiger partial charge is 0.207 e. The third-order valence-corrected chi connectivity index (χ3v) is 3.94. The van der Waals surface area contributed by atoms with Crippen molar-refractivity contribution < 1.29 is 9.53 Å². The lowest BCUT2D eigenvalue weighted by Crippen LogP contribution is -2.16. The molecule has 0 aliphatic carbocycles. The first-order valence-electron chi connectivity index (χ1n) is 7.77. The number of halogens is 1. The number of benzene rings is 2. The average Bonchev–Trinajstić information content (AvgIpc) is 2.96. The summed E-state index contributed by atoms with van der Waals surface area (Å²) in [6.07, 6.45) is 1.52. The van der Waals surface area contributed by atoms with Crippen LogP contribution in [-0.4, -0.2) is 22.6 Å². The number of ether oxygens (including phenoxy) is 1. The zero-order valence-corrected chi connectivity index (χ0v) is 13.9. The number of nitrogens with one attached hydrogen (secondary N) is 1. The number of aryl methyl sites for hydroxylation is 1. The molecule has 24 heavy (non-hydrogen) atoms. The number of rotatable bonds is 8. The topological polar surface area (TPSA) is 56.2 Å². The molecule has 1 N–H and O–H groups in total. The highest BCUT2D eigenvalue weighted by molar-refractivity contribution is 6.30. The Labute approximate surface area is 145 Å². The standard InChI is InChI=1S/C18H18ClN3O2/c19-14-6-8-15(9-7-14)24-11-3-10-22-17-5-2-1-4-16(17)21-18(22)12-20-13-23/h1-2,4-9,13H,3,10-12H2,(H,20,23). The van der Waals surface area contributed by atoms with Crippen LogP contribution in [0.25, 0.3) is 11.0 Å². The Hall–Kier alpha value is -2.53. The van der Waals surface area contributed by atoms with Crippen LogP contribution in [0.3, 0.4) is 0 Å². The summed E-state index contributed by atoms with van der Waals surface area (Å²) in [4.78, 5) is 15.2. The minimum atomic E-state index is 0.413. The zero-order chi connectivity index (χ0) is 16.8. The number of aromatic nitrogens is 2. The van der Waals surface area contributed by atoms with Crippen LogP contribution in [0.4, 0.5) is 0 Å². The Morgan fingerprint density at radius 3 is 2.75 bits per heavy atom. The van der Waals surface area contributed by atoms with Gasteiger partial charge in [-0.15, -0.1) is 0 Å². The van der Waals surface area contributed by atoms with E-state index in [-0.39, 0.29) is 0 Å². The number of nitrogens with zero attached hydrogens (tertiary/aromatic N) is 2. The predicted molar refractivity (Wildman–Crippen MR) is 94.2 cm³/mol. The summed E-state index contributed by atoms with van der Waals surface area (Å²) < 4.78 is 7.85. The van der Waals surface area contributed by atoms with Gasteiger partial charge in [-0.1, -0.05) is 23.7 Å². The van der Waals surface area contributed by atoms with Gasteiger partial charge in [0.2, 0.25) is 6.41 Å². The van der Waals surface area contributed by atoms with Gasteiger partial charge < -0.3 is 14.6 Å². The van der Waals surface area contributed by atoms with E-state index in [1.807, 2.05) is 48.5 Å². The third-order valence-electron chi connectivity index (χ3n) is 3.69. The molecule has 0 fully saturated rings. The summed E-state index contributed by atoms with van der Waals surface area (Å²) in [5.74, 6) is 1.65. The maximum absolute atomic E-state index is 10.6. The molecule has 6 heteroatoms. The molecule has 1 aromatic heterocycles. The van der Waals surface area contributed by atoms with Crippen LogP contribution in [0.2, 0.25) is 5.02 Å². The maximum atomic E-state index is 10.6. The molecule has 0 spiro atoms. The largest absolute Gasteiger partial charge is 0.494 e. The molecule has 3 rings (SSSR count). The molecular formula is C18H18ClN3O2. The van der Waals surface area contributed by atoms with Gasteiger partial charge >= 0.3 is 0 Å². The summed E-state index contributed by atoms with van der Waals surface area (Å²) in [5, 5.41) is 3.37. The fourth-order valence-corrected chi connectivity index (χ4v) is 2.71. The fraction of sp³-hybridized carbons (Fsp3) is 0.222. The molecule has 0 atom stereocenters. The number of imidazole rings is 1. The van der Waals surface area contributed by atoms with Crippen molar-refractivity contribution in [1.29, 1.82) is 0 Å². The lowest BCUT2D eigenvalue weighted by atomic mass is 10.3. The lowest BCUT2D eigenvalue weighted by Gasteiger charge is -2.10. The second kappa shape index (κ2) is 7.84. The molecule has 0 aliphatic rings. The summed E-state index contributed by atoms with van der Waals surface area (Å²) in [6, 6.07) is 15.3. The number of hydrogen-bond donors (Lipinski definition) is 1. The number of fused-ring (bicyclic) bond motifs is 1. The molecular weight excluding hydrogens is 326 g/mol. The molecule has 2 aromatic carbocycles. The molecule has 0 saturated heterocycles. The zero-order valence-electron chi connectivity index (χ0n) is 13.1. The van der Waals surface area contributed by atoms with Crippen molar-refractivity contribution in [2.75, 3.05) is 6.61 Å². The lowest BCUT2D eigenvalue weighted by molar-refractivity contribution is -0.109. The van der Waals surface area contributed by atoms with Gasteiger partial charge in [0, 0.05) is 11.6 Å². The Morgan fingerprint density at radius 2 is 1.96 bits per heavy atom. The van der Waals surface area contributed by atoms with Crippen molar-refractivity contribution in [2.45, 2.75) is 19.5 Å². The van der Waals surface area contributed by atoms with Crippen LogP contribution in [-0.2, 0) is 17.9 Å². The molecule has 3 aromatic rings. The predicted octanol–water partition coefficient (Wildman–Crippen LogP) is 3.40. The van der Waals surface area contributed by atoms with Crippen LogP contribution in [0.15, 0.2) is 48.5 Å². The van der Waals surface area contributed by atoms with Crippen LogP contribution in [0.1, 0.15) is 12.2 Å². The maximum Gasteiger partial charge on any atom is 0.207 e. The van der Waals surface area contributed by atoms with Gasteiger partial charge in [0.05, 0.1) is 24.2 Å². The molecule has 0 aliphatic heterocycles. The van der Waals surface area contributed by atoms with E-state index in [0.29, 0.717) is 24.6 Å². The van der Waals surface area contributed by atoms with Crippen molar-refractivity contribution in [3.05, 3.63) is 59.4 Å². The van der Waals surface area contributed by atoms with Gasteiger partial charge in [-0.3, -0.25) is 4.79 Å². The highest BCUT2D eigenvalue weighted by Crippen LogP contribution is 2.18. The van der Waals surface area contributed by atoms with Crippen molar-refractivity contribution in [2.24, 2.45) is 0 Å². The first-order chi connectivity index (χ1) is 11.8. The first-order valence-corrected chi connectivity index (χ1v) is 8.15. The number of para-hydroxylation sites is 2. The SMILES string of the molecule is O=CNCc1nc2ccccc2n1CCCOc1ccc(Cl)cc1. The van der Waals surface area contributed by atoms with E-state index >= 15 is 0 Å². The number of carbonyl (C=O) groups is 1. The molecule has 0 saturated carbocycles. The van der Waals surface area contributed by atoms with Gasteiger partial charge in [-0.2, -0.15) is 0 Å². The molecule has 124 valence electrons. The van der Waals surface area contributed by atoms with E-state index in [1.165, 1.54) is 0 Å². The summed E-state index contributed by atoms with van der Waals surface area (Å²) in [7, 11) is 0. The van der Waals surface area contributed by atoms with E-state index < -0.39 is 0 Å². The highest BCUT2D eigenvalue weighted by Gasteiger charge is 2.09. The van der Waals surface area contributed by atoms with Gasteiger partial charge in [0.15, 0.2) is 0 Å². The number of carbonyl (C=O) groups excluding carboxylic acids is 1. The Morgan fingerprint density at radius 1 is 1.17 bits per heavy atom. The molecule has 0 bridgehead atoms. The van der Waals surface area contributed by atoms with E-state index in [0.717, 1.165) is 35.6 Å². The van der Waals surface area contributed by atoms with E-state index in [4.69, 9.17) is 16.3 Å². The van der Waals surface area contributed by atoms with Gasteiger partial charge in [-0.05, 0) is 42.8 Å². The van der Waals surface area contributed by atoms with Crippen LogP contribution < -0.4 is 10.1 Å². The molecule has 0 radical (unpaired) electrons. The summed E-state index contributed by atoms with van der Waals surface area (Å²) in [5.41, 5.74) is 1.99. The average molecular weight is 344 g/mol. The minimum absolute atomic E-state index is 0.413. The van der Waals surface area contributed by atoms with Gasteiger partial charge in [-0.25, -0.2) is 4.98 Å². The molecule has 1 heterocycles. The normalized spacial score (nSPS) is 10.7. The minimum Gasteiger partial charge on any atom is -0.494 e. The van der Waals surface area contributed by atoms with Gasteiger partial charge in [0.25, 0.3) is 0 Å². The Bertz CT molecular complexity index is 815. The van der Waals surface area contributed by atoms with Crippen molar-refractivity contribution in [1.82, 2.24) is 14.9 Å². The quantitative estimate of drug-likeness (QED) is 0.503. The second-order valence-electron chi connectivity index (χ2n) is 5.32. The van der Waals surface area contributed by atoms with Crippen molar-refractivity contribution >= 4 is 29.0 Å². The first kappa shape index (κ1) is 16.3. The molecule has 0 unspecified atom stereocenters. The van der Waals surface area contributed by atoms with Gasteiger partial charge in [0.1, 0.15) is 11.6 Å². The Kier molecular flexibility index (Phi) is 5.33. The second-order valence-corrected chi connectivity index (χ2v) is 5.76. The molecule has 5 nitrogen and oxygen atoms in total. The fourth-order valence-electron chi connectivity index (χ4n) is 2.59.